The number of carbonyl (C=O) groups excluding carboxylic acids is 1. The summed E-state index contributed by atoms with van der Waals surface area (Å²) in [4.78, 5) is 11.5. The van der Waals surface area contributed by atoms with Gasteiger partial charge in [-0.15, -0.1) is 0 Å². The fourth-order valence-electron chi connectivity index (χ4n) is 1.56. The van der Waals surface area contributed by atoms with E-state index in [2.05, 4.69) is 26.6 Å². The quantitative estimate of drug-likeness (QED) is 0.812. The van der Waals surface area contributed by atoms with Gasteiger partial charge in [-0.3, -0.25) is 0 Å². The molecule has 0 aromatic heterocycles. The minimum absolute atomic E-state index is 0.125. The van der Waals surface area contributed by atoms with Crippen molar-refractivity contribution in [3.05, 3.63) is 33.3 Å². The van der Waals surface area contributed by atoms with Crippen molar-refractivity contribution in [2.24, 2.45) is 0 Å². The average molecular weight is 378 g/mol. The largest absolute Gasteiger partial charge is 0.444 e. The van der Waals surface area contributed by atoms with Crippen molar-refractivity contribution in [2.45, 2.75) is 45.9 Å². The summed E-state index contributed by atoms with van der Waals surface area (Å²) in [6, 6.07) is 5.95. The maximum Gasteiger partial charge on any atom is 0.407 e. The summed E-state index contributed by atoms with van der Waals surface area (Å²) in [5.41, 5.74) is 0.613. The Bertz CT molecular complexity index is 489. The van der Waals surface area contributed by atoms with Crippen molar-refractivity contribution in [1.29, 1.82) is 0 Å². The van der Waals surface area contributed by atoms with Crippen molar-refractivity contribution in [2.75, 3.05) is 6.54 Å². The molecular weight excluding hydrogens is 356 g/mol. The second-order valence-electron chi connectivity index (χ2n) is 5.91. The van der Waals surface area contributed by atoms with E-state index in [1.807, 2.05) is 45.9 Å². The molecule has 1 amide bonds. The van der Waals surface area contributed by atoms with Gasteiger partial charge in [0, 0.05) is 23.6 Å². The van der Waals surface area contributed by atoms with Gasteiger partial charge in [0.25, 0.3) is 0 Å². The lowest BCUT2D eigenvalue weighted by Gasteiger charge is -2.21. The molecule has 0 aliphatic rings. The molecular formula is C15H22BrClN2O2. The first-order valence-electron chi connectivity index (χ1n) is 6.81. The molecule has 1 rings (SSSR count). The normalized spacial score (nSPS) is 12.9. The number of carbonyl (C=O) groups is 1. The van der Waals surface area contributed by atoms with E-state index in [0.717, 1.165) is 10.0 Å². The van der Waals surface area contributed by atoms with Crippen LogP contribution in [-0.4, -0.2) is 24.3 Å². The maximum atomic E-state index is 11.5. The number of nitrogens with one attached hydrogen (secondary N) is 2. The zero-order valence-corrected chi connectivity index (χ0v) is 15.1. The molecule has 0 radical (unpaired) electrons. The van der Waals surface area contributed by atoms with Gasteiger partial charge in [-0.05, 0) is 61.3 Å². The van der Waals surface area contributed by atoms with E-state index in [-0.39, 0.29) is 6.04 Å². The number of ether oxygens (including phenoxy) is 1. The molecule has 6 heteroatoms. The molecule has 1 aromatic rings. The standard InChI is InChI=1S/C15H22BrClN2O2/c1-10(8-19-14(20)21-15(2,3)4)18-9-11-5-6-12(16)13(17)7-11/h5-7,10,18H,8-9H2,1-4H3,(H,19,20). The SMILES string of the molecule is CC(CNC(=O)OC(C)(C)C)NCc1ccc(Br)c(Cl)c1. The molecule has 1 unspecified atom stereocenters. The van der Waals surface area contributed by atoms with Crippen molar-refractivity contribution in [1.82, 2.24) is 10.6 Å². The summed E-state index contributed by atoms with van der Waals surface area (Å²) >= 11 is 9.41. The van der Waals surface area contributed by atoms with Crippen LogP contribution >= 0.6 is 27.5 Å². The topological polar surface area (TPSA) is 50.4 Å². The van der Waals surface area contributed by atoms with Crippen molar-refractivity contribution in [3.63, 3.8) is 0 Å². The smallest absolute Gasteiger partial charge is 0.407 e. The van der Waals surface area contributed by atoms with Crippen LogP contribution in [0, 0.1) is 0 Å². The lowest BCUT2D eigenvalue weighted by molar-refractivity contribution is 0.0523. The highest BCUT2D eigenvalue weighted by atomic mass is 79.9. The lowest BCUT2D eigenvalue weighted by atomic mass is 10.2. The van der Waals surface area contributed by atoms with Crippen LogP contribution in [0.3, 0.4) is 0 Å². The van der Waals surface area contributed by atoms with Crippen molar-refractivity contribution < 1.29 is 9.53 Å². The molecule has 21 heavy (non-hydrogen) atoms. The number of alkyl carbamates (subject to hydrolysis) is 1. The Morgan fingerprint density at radius 3 is 2.67 bits per heavy atom. The van der Waals surface area contributed by atoms with Crippen LogP contribution in [0.15, 0.2) is 22.7 Å². The van der Waals surface area contributed by atoms with Gasteiger partial charge in [-0.25, -0.2) is 4.79 Å². The predicted molar refractivity (Wildman–Crippen MR) is 89.7 cm³/mol. The molecule has 0 aliphatic carbocycles. The second kappa shape index (κ2) is 8.01. The molecule has 0 bridgehead atoms. The predicted octanol–water partition coefficient (Wildman–Crippen LogP) is 4.11. The molecule has 0 saturated carbocycles. The van der Waals surface area contributed by atoms with E-state index in [4.69, 9.17) is 16.3 Å². The molecule has 0 fully saturated rings. The highest BCUT2D eigenvalue weighted by molar-refractivity contribution is 9.10. The first-order valence-corrected chi connectivity index (χ1v) is 7.98. The van der Waals surface area contributed by atoms with Gasteiger partial charge in [0.05, 0.1) is 5.02 Å². The van der Waals surface area contributed by atoms with Crippen LogP contribution < -0.4 is 10.6 Å². The van der Waals surface area contributed by atoms with Crippen LogP contribution in [0.25, 0.3) is 0 Å². The third-order valence-electron chi connectivity index (χ3n) is 2.59. The van der Waals surface area contributed by atoms with E-state index in [1.54, 1.807) is 0 Å². The monoisotopic (exact) mass is 376 g/mol. The fourth-order valence-corrected chi connectivity index (χ4v) is 2.01. The van der Waals surface area contributed by atoms with Gasteiger partial charge in [0.1, 0.15) is 5.60 Å². The second-order valence-corrected chi connectivity index (χ2v) is 7.17. The molecule has 0 spiro atoms. The Labute approximate surface area is 139 Å². The van der Waals surface area contributed by atoms with E-state index in [0.29, 0.717) is 18.1 Å². The molecule has 1 atom stereocenters. The number of benzene rings is 1. The van der Waals surface area contributed by atoms with E-state index in [1.165, 1.54) is 0 Å². The summed E-state index contributed by atoms with van der Waals surface area (Å²) in [6.45, 7) is 8.70. The summed E-state index contributed by atoms with van der Waals surface area (Å²) in [6.07, 6.45) is -0.400. The summed E-state index contributed by atoms with van der Waals surface area (Å²) in [5, 5.41) is 6.75. The molecule has 2 N–H and O–H groups in total. The van der Waals surface area contributed by atoms with Gasteiger partial charge < -0.3 is 15.4 Å². The van der Waals surface area contributed by atoms with E-state index in [9.17, 15) is 4.79 Å². The molecule has 118 valence electrons. The highest BCUT2D eigenvalue weighted by Crippen LogP contribution is 2.23. The van der Waals surface area contributed by atoms with Crippen molar-refractivity contribution in [3.8, 4) is 0 Å². The minimum atomic E-state index is -0.477. The Hall–Kier alpha value is -0.780. The maximum absolute atomic E-state index is 11.5. The third-order valence-corrected chi connectivity index (χ3v) is 3.82. The summed E-state index contributed by atoms with van der Waals surface area (Å²) in [5.74, 6) is 0. The fraction of sp³-hybridized carbons (Fsp3) is 0.533. The average Bonchev–Trinajstić information content (AvgIpc) is 2.36. The number of hydrogen-bond donors (Lipinski definition) is 2. The van der Waals surface area contributed by atoms with E-state index < -0.39 is 11.7 Å². The van der Waals surface area contributed by atoms with Gasteiger partial charge >= 0.3 is 6.09 Å². The third kappa shape index (κ3) is 7.69. The molecule has 4 nitrogen and oxygen atoms in total. The number of hydrogen-bond acceptors (Lipinski definition) is 3. The molecule has 1 aromatic carbocycles. The first-order chi connectivity index (χ1) is 9.67. The summed E-state index contributed by atoms with van der Waals surface area (Å²) < 4.78 is 6.06. The zero-order valence-electron chi connectivity index (χ0n) is 12.8. The Morgan fingerprint density at radius 1 is 1.43 bits per heavy atom. The van der Waals surface area contributed by atoms with Gasteiger partial charge in [-0.1, -0.05) is 17.7 Å². The highest BCUT2D eigenvalue weighted by Gasteiger charge is 2.16. The van der Waals surface area contributed by atoms with Crippen LogP contribution in [0.5, 0.6) is 0 Å². The molecule has 0 aliphatic heterocycles. The Kier molecular flexibility index (Phi) is 6.97. The zero-order chi connectivity index (χ0) is 16.0. The van der Waals surface area contributed by atoms with Crippen LogP contribution in [0.4, 0.5) is 4.79 Å². The van der Waals surface area contributed by atoms with Crippen LogP contribution in [0.1, 0.15) is 33.3 Å². The number of rotatable bonds is 5. The Morgan fingerprint density at radius 2 is 2.10 bits per heavy atom. The van der Waals surface area contributed by atoms with Crippen LogP contribution in [0.2, 0.25) is 5.02 Å². The Balaban J connectivity index is 2.32. The first kappa shape index (κ1) is 18.3. The van der Waals surface area contributed by atoms with Gasteiger partial charge in [0.2, 0.25) is 0 Å². The van der Waals surface area contributed by atoms with E-state index >= 15 is 0 Å². The molecule has 0 heterocycles. The van der Waals surface area contributed by atoms with Crippen molar-refractivity contribution >= 4 is 33.6 Å². The number of halogens is 2. The van der Waals surface area contributed by atoms with Gasteiger partial charge in [0.15, 0.2) is 0 Å². The molecule has 0 saturated heterocycles. The number of amides is 1. The van der Waals surface area contributed by atoms with Crippen LogP contribution in [-0.2, 0) is 11.3 Å². The van der Waals surface area contributed by atoms with Gasteiger partial charge in [-0.2, -0.15) is 0 Å². The summed E-state index contributed by atoms with van der Waals surface area (Å²) in [7, 11) is 0. The lowest BCUT2D eigenvalue weighted by Crippen LogP contribution is -2.40. The minimum Gasteiger partial charge on any atom is -0.444 e.